The average molecular weight is 309 g/mol. The van der Waals surface area contributed by atoms with Gasteiger partial charge in [-0.25, -0.2) is 0 Å². The minimum absolute atomic E-state index is 0.739. The van der Waals surface area contributed by atoms with E-state index in [0.717, 1.165) is 21.5 Å². The van der Waals surface area contributed by atoms with Gasteiger partial charge in [0.05, 0.1) is 11.4 Å². The van der Waals surface area contributed by atoms with Crippen LogP contribution in [0.15, 0.2) is 51.8 Å². The molecule has 17 heavy (non-hydrogen) atoms. The third kappa shape index (κ3) is 3.17. The summed E-state index contributed by atoms with van der Waals surface area (Å²) in [6, 6.07) is 14.0. The first kappa shape index (κ1) is 12.3. The quantitative estimate of drug-likeness (QED) is 0.648. The minimum atomic E-state index is 0.739. The first-order valence-corrected chi connectivity index (χ1v) is 7.17. The zero-order chi connectivity index (χ0) is 12.3. The summed E-state index contributed by atoms with van der Waals surface area (Å²) in [7, 11) is 0. The molecule has 0 atom stereocenters. The molecule has 0 aliphatic heterocycles. The normalized spacial score (nSPS) is 10.2. The molecule has 0 aliphatic carbocycles. The molecule has 2 aromatic rings. The smallest absolute Gasteiger partial charge is 0.0629 e. The number of halogens is 1. The summed E-state index contributed by atoms with van der Waals surface area (Å²) in [6.07, 6.45) is 2.06. The number of thioether (sulfide) groups is 1. The summed E-state index contributed by atoms with van der Waals surface area (Å²) in [4.78, 5) is 1.23. The lowest BCUT2D eigenvalue weighted by molar-refractivity contribution is 1.44. The minimum Gasteiger partial charge on any atom is -0.397 e. The van der Waals surface area contributed by atoms with Gasteiger partial charge >= 0.3 is 0 Å². The van der Waals surface area contributed by atoms with E-state index >= 15 is 0 Å². The predicted octanol–water partition coefficient (Wildman–Crippen LogP) is 4.50. The van der Waals surface area contributed by atoms with Crippen LogP contribution in [0.2, 0.25) is 0 Å². The van der Waals surface area contributed by atoms with Crippen LogP contribution < -0.4 is 11.1 Å². The number of nitrogens with one attached hydrogen (secondary N) is 1. The van der Waals surface area contributed by atoms with Gasteiger partial charge in [0.2, 0.25) is 0 Å². The molecule has 0 unspecified atom stereocenters. The van der Waals surface area contributed by atoms with Crippen LogP contribution in [0, 0.1) is 0 Å². The van der Waals surface area contributed by atoms with Gasteiger partial charge in [-0.1, -0.05) is 22.0 Å². The van der Waals surface area contributed by atoms with Gasteiger partial charge in [-0.3, -0.25) is 0 Å². The molecule has 4 heteroatoms. The summed E-state index contributed by atoms with van der Waals surface area (Å²) < 4.78 is 1.01. The first-order chi connectivity index (χ1) is 8.19. The van der Waals surface area contributed by atoms with Crippen LogP contribution in [0.25, 0.3) is 0 Å². The fourth-order valence-corrected chi connectivity index (χ4v) is 2.31. The highest BCUT2D eigenvalue weighted by Crippen LogP contribution is 2.28. The van der Waals surface area contributed by atoms with Gasteiger partial charge in [0.15, 0.2) is 0 Å². The van der Waals surface area contributed by atoms with Crippen molar-refractivity contribution in [2.45, 2.75) is 4.90 Å². The van der Waals surface area contributed by atoms with Crippen molar-refractivity contribution in [2.24, 2.45) is 0 Å². The van der Waals surface area contributed by atoms with E-state index in [1.807, 2.05) is 30.3 Å². The van der Waals surface area contributed by atoms with Crippen LogP contribution >= 0.6 is 27.7 Å². The second-order valence-corrected chi connectivity index (χ2v) is 5.38. The Morgan fingerprint density at radius 1 is 1.18 bits per heavy atom. The van der Waals surface area contributed by atoms with Crippen LogP contribution in [0.1, 0.15) is 0 Å². The Morgan fingerprint density at radius 2 is 2.00 bits per heavy atom. The molecule has 0 heterocycles. The molecule has 0 amide bonds. The van der Waals surface area contributed by atoms with Crippen molar-refractivity contribution in [1.82, 2.24) is 0 Å². The average Bonchev–Trinajstić information content (AvgIpc) is 2.34. The Bertz CT molecular complexity index is 529. The summed E-state index contributed by atoms with van der Waals surface area (Å²) in [5.41, 5.74) is 8.62. The Hall–Kier alpha value is -1.13. The van der Waals surface area contributed by atoms with Crippen LogP contribution in [0.4, 0.5) is 17.1 Å². The summed E-state index contributed by atoms with van der Waals surface area (Å²) >= 11 is 5.16. The van der Waals surface area contributed by atoms with E-state index in [0.29, 0.717) is 0 Å². The van der Waals surface area contributed by atoms with E-state index in [9.17, 15) is 0 Å². The maximum Gasteiger partial charge on any atom is 0.0629 e. The van der Waals surface area contributed by atoms with Crippen molar-refractivity contribution in [3.8, 4) is 0 Å². The maximum atomic E-state index is 5.92. The van der Waals surface area contributed by atoms with E-state index < -0.39 is 0 Å². The Kier molecular flexibility index (Phi) is 3.97. The zero-order valence-corrected chi connectivity index (χ0v) is 11.8. The molecule has 0 spiro atoms. The number of hydrogen-bond acceptors (Lipinski definition) is 3. The highest BCUT2D eigenvalue weighted by molar-refractivity contribution is 9.10. The molecule has 2 aromatic carbocycles. The van der Waals surface area contributed by atoms with Gasteiger partial charge in [-0.2, -0.15) is 0 Å². The van der Waals surface area contributed by atoms with Crippen molar-refractivity contribution in [2.75, 3.05) is 17.3 Å². The molecule has 0 aromatic heterocycles. The van der Waals surface area contributed by atoms with Gasteiger partial charge in [0, 0.05) is 15.1 Å². The number of nitrogens with two attached hydrogens (primary N) is 1. The largest absolute Gasteiger partial charge is 0.397 e. The number of benzene rings is 2. The molecular formula is C13H13BrN2S. The molecule has 2 nitrogen and oxygen atoms in total. The molecule has 0 saturated heterocycles. The fourth-order valence-electron chi connectivity index (χ4n) is 1.49. The topological polar surface area (TPSA) is 38.0 Å². The Labute approximate surface area is 114 Å². The number of anilines is 3. The lowest BCUT2D eigenvalue weighted by Crippen LogP contribution is -1.96. The predicted molar refractivity (Wildman–Crippen MR) is 80.1 cm³/mol. The first-order valence-electron chi connectivity index (χ1n) is 5.15. The van der Waals surface area contributed by atoms with Gasteiger partial charge in [-0.15, -0.1) is 11.8 Å². The Balaban J connectivity index is 2.27. The van der Waals surface area contributed by atoms with Crippen molar-refractivity contribution in [3.63, 3.8) is 0 Å². The van der Waals surface area contributed by atoms with Gasteiger partial charge in [0.25, 0.3) is 0 Å². The van der Waals surface area contributed by atoms with E-state index in [4.69, 9.17) is 5.73 Å². The number of hydrogen-bond donors (Lipinski definition) is 2. The molecule has 0 aliphatic rings. The monoisotopic (exact) mass is 308 g/mol. The maximum absolute atomic E-state index is 5.92. The highest BCUT2D eigenvalue weighted by atomic mass is 79.9. The van der Waals surface area contributed by atoms with Crippen LogP contribution in [-0.4, -0.2) is 6.26 Å². The van der Waals surface area contributed by atoms with Gasteiger partial charge < -0.3 is 11.1 Å². The van der Waals surface area contributed by atoms with Crippen molar-refractivity contribution >= 4 is 44.8 Å². The van der Waals surface area contributed by atoms with Crippen molar-refractivity contribution in [1.29, 1.82) is 0 Å². The number of nitrogen functional groups attached to an aromatic ring is 1. The highest BCUT2D eigenvalue weighted by Gasteiger charge is 2.01. The fraction of sp³-hybridized carbons (Fsp3) is 0.0769. The van der Waals surface area contributed by atoms with Crippen molar-refractivity contribution < 1.29 is 0 Å². The molecule has 88 valence electrons. The molecule has 0 radical (unpaired) electrons. The van der Waals surface area contributed by atoms with Crippen molar-refractivity contribution in [3.05, 3.63) is 46.9 Å². The van der Waals surface area contributed by atoms with E-state index in [1.165, 1.54) is 4.90 Å². The lowest BCUT2D eigenvalue weighted by atomic mass is 10.2. The van der Waals surface area contributed by atoms with E-state index in [2.05, 4.69) is 39.6 Å². The Morgan fingerprint density at radius 3 is 2.76 bits per heavy atom. The lowest BCUT2D eigenvalue weighted by Gasteiger charge is -2.10. The molecule has 3 N–H and O–H groups in total. The second kappa shape index (κ2) is 5.47. The van der Waals surface area contributed by atoms with Gasteiger partial charge in [0.1, 0.15) is 0 Å². The van der Waals surface area contributed by atoms with E-state index in [1.54, 1.807) is 11.8 Å². The molecule has 0 fully saturated rings. The third-order valence-corrected chi connectivity index (χ3v) is 3.58. The molecule has 0 bridgehead atoms. The van der Waals surface area contributed by atoms with Crippen LogP contribution in [-0.2, 0) is 0 Å². The zero-order valence-electron chi connectivity index (χ0n) is 9.41. The summed E-state index contributed by atoms with van der Waals surface area (Å²) in [6.45, 7) is 0. The third-order valence-electron chi connectivity index (χ3n) is 2.36. The SMILES string of the molecule is CSc1cccc(Nc2cc(Br)ccc2N)c1. The molecule has 0 saturated carbocycles. The van der Waals surface area contributed by atoms with E-state index in [-0.39, 0.29) is 0 Å². The van der Waals surface area contributed by atoms with Gasteiger partial charge in [-0.05, 0) is 42.7 Å². The van der Waals surface area contributed by atoms with Crippen LogP contribution in [0.3, 0.4) is 0 Å². The second-order valence-electron chi connectivity index (χ2n) is 3.59. The van der Waals surface area contributed by atoms with Crippen LogP contribution in [0.5, 0.6) is 0 Å². The summed E-state index contributed by atoms with van der Waals surface area (Å²) in [5.74, 6) is 0. The molecular weight excluding hydrogens is 296 g/mol. The number of rotatable bonds is 3. The standard InChI is InChI=1S/C13H13BrN2S/c1-17-11-4-2-3-10(8-11)16-13-7-9(14)5-6-12(13)15/h2-8,16H,15H2,1H3. The molecule has 2 rings (SSSR count). The summed E-state index contributed by atoms with van der Waals surface area (Å²) in [5, 5.41) is 3.32.